The van der Waals surface area contributed by atoms with Crippen LogP contribution in [0.15, 0.2) is 37.6 Å². The third-order valence-electron chi connectivity index (χ3n) is 2.46. The van der Waals surface area contributed by atoms with Crippen molar-refractivity contribution < 1.29 is 19.1 Å². The van der Waals surface area contributed by atoms with Gasteiger partial charge >= 0.3 is 5.97 Å². The van der Waals surface area contributed by atoms with Crippen LogP contribution in [-0.2, 0) is 6.61 Å². The van der Waals surface area contributed by atoms with Gasteiger partial charge in [-0.3, -0.25) is 0 Å². The number of benzene rings is 1. The molecule has 0 unspecified atom stereocenters. The van der Waals surface area contributed by atoms with Crippen molar-refractivity contribution in [2.75, 3.05) is 0 Å². The van der Waals surface area contributed by atoms with E-state index in [0.29, 0.717) is 17.3 Å². The highest BCUT2D eigenvalue weighted by Crippen LogP contribution is 2.29. The van der Waals surface area contributed by atoms with Gasteiger partial charge in [0.25, 0.3) is 0 Å². The van der Waals surface area contributed by atoms with Crippen LogP contribution in [0, 0.1) is 6.92 Å². The molecule has 1 aromatic heterocycles. The predicted octanol–water partition coefficient (Wildman–Crippen LogP) is 4.39. The van der Waals surface area contributed by atoms with Crippen LogP contribution in [0.3, 0.4) is 0 Å². The minimum Gasteiger partial charge on any atom is -0.484 e. The van der Waals surface area contributed by atoms with Crippen molar-refractivity contribution in [1.29, 1.82) is 0 Å². The highest BCUT2D eigenvalue weighted by molar-refractivity contribution is 9.11. The van der Waals surface area contributed by atoms with E-state index < -0.39 is 5.97 Å². The molecule has 100 valence electrons. The largest absolute Gasteiger partial charge is 0.484 e. The van der Waals surface area contributed by atoms with Gasteiger partial charge in [-0.25, -0.2) is 4.79 Å². The lowest BCUT2D eigenvalue weighted by atomic mass is 10.2. The van der Waals surface area contributed by atoms with Gasteiger partial charge in [0.15, 0.2) is 0 Å². The Morgan fingerprint density at radius 2 is 2.11 bits per heavy atom. The number of hydrogen-bond acceptors (Lipinski definition) is 3. The minimum atomic E-state index is -1.00. The monoisotopic (exact) mass is 388 g/mol. The number of furan rings is 1. The van der Waals surface area contributed by atoms with Gasteiger partial charge in [-0.05, 0) is 47.1 Å². The van der Waals surface area contributed by atoms with Gasteiger partial charge in [0.2, 0.25) is 0 Å². The fourth-order valence-corrected chi connectivity index (χ4v) is 2.73. The van der Waals surface area contributed by atoms with E-state index in [1.807, 2.05) is 18.2 Å². The van der Waals surface area contributed by atoms with Gasteiger partial charge in [-0.1, -0.05) is 15.9 Å². The van der Waals surface area contributed by atoms with Crippen LogP contribution in [0.25, 0.3) is 0 Å². The summed E-state index contributed by atoms with van der Waals surface area (Å²) < 4.78 is 12.6. The van der Waals surface area contributed by atoms with E-state index in [-0.39, 0.29) is 12.2 Å². The molecule has 0 spiro atoms. The average molecular weight is 390 g/mol. The summed E-state index contributed by atoms with van der Waals surface area (Å²) in [5, 5.41) is 8.93. The standard InChI is InChI=1S/C13H10Br2O4/c1-7-10(13(16)17)5-9(19-7)6-18-12-3-2-8(14)4-11(12)15/h2-5H,6H2,1H3,(H,16,17). The molecule has 1 aromatic carbocycles. The number of aryl methyl sites for hydroxylation is 1. The van der Waals surface area contributed by atoms with Crippen LogP contribution in [0.5, 0.6) is 5.75 Å². The number of rotatable bonds is 4. The summed E-state index contributed by atoms with van der Waals surface area (Å²) in [4.78, 5) is 10.9. The number of carbonyl (C=O) groups is 1. The zero-order valence-electron chi connectivity index (χ0n) is 9.94. The van der Waals surface area contributed by atoms with Crippen molar-refractivity contribution in [3.63, 3.8) is 0 Å². The Bertz CT molecular complexity index is 619. The maximum absolute atomic E-state index is 10.9. The maximum Gasteiger partial charge on any atom is 0.339 e. The molecule has 1 heterocycles. The summed E-state index contributed by atoms with van der Waals surface area (Å²) in [6, 6.07) is 7.01. The Morgan fingerprint density at radius 3 is 2.68 bits per heavy atom. The molecule has 2 aromatic rings. The zero-order chi connectivity index (χ0) is 14.0. The summed E-state index contributed by atoms with van der Waals surface area (Å²) in [6.07, 6.45) is 0. The van der Waals surface area contributed by atoms with Crippen molar-refractivity contribution in [3.05, 3.63) is 50.3 Å². The Labute approximate surface area is 126 Å². The maximum atomic E-state index is 10.9. The highest BCUT2D eigenvalue weighted by Gasteiger charge is 2.14. The second-order valence-corrected chi connectivity index (χ2v) is 5.62. The molecular formula is C13H10Br2O4. The Kier molecular flexibility index (Phi) is 4.31. The third-order valence-corrected chi connectivity index (χ3v) is 3.58. The van der Waals surface area contributed by atoms with E-state index in [2.05, 4.69) is 31.9 Å². The van der Waals surface area contributed by atoms with Crippen LogP contribution < -0.4 is 4.74 Å². The Balaban J connectivity index is 2.10. The van der Waals surface area contributed by atoms with E-state index in [1.165, 1.54) is 6.07 Å². The van der Waals surface area contributed by atoms with Gasteiger partial charge in [0, 0.05) is 4.47 Å². The average Bonchev–Trinajstić information content (AvgIpc) is 2.69. The fraction of sp³-hybridized carbons (Fsp3) is 0.154. The lowest BCUT2D eigenvalue weighted by molar-refractivity contribution is 0.0695. The third kappa shape index (κ3) is 3.39. The molecule has 0 saturated carbocycles. The first-order valence-corrected chi connectivity index (χ1v) is 6.96. The number of halogens is 2. The van der Waals surface area contributed by atoms with Gasteiger partial charge in [-0.2, -0.15) is 0 Å². The number of hydrogen-bond donors (Lipinski definition) is 1. The first kappa shape index (κ1) is 14.1. The highest BCUT2D eigenvalue weighted by atomic mass is 79.9. The summed E-state index contributed by atoms with van der Waals surface area (Å²) in [6.45, 7) is 1.79. The van der Waals surface area contributed by atoms with Crippen LogP contribution in [0.1, 0.15) is 21.9 Å². The van der Waals surface area contributed by atoms with Gasteiger partial charge in [0.1, 0.15) is 29.4 Å². The molecule has 0 atom stereocenters. The summed E-state index contributed by atoms with van der Waals surface area (Å²) in [5.74, 6) is 0.511. The summed E-state index contributed by atoms with van der Waals surface area (Å²) in [5.41, 5.74) is 0.161. The fourth-order valence-electron chi connectivity index (χ4n) is 1.57. The molecule has 0 aliphatic carbocycles. The SMILES string of the molecule is Cc1oc(COc2ccc(Br)cc2Br)cc1C(=O)O. The zero-order valence-corrected chi connectivity index (χ0v) is 13.1. The minimum absolute atomic E-state index is 0.161. The molecule has 0 saturated heterocycles. The van der Waals surface area contributed by atoms with Crippen LogP contribution in [0.2, 0.25) is 0 Å². The van der Waals surface area contributed by atoms with E-state index in [9.17, 15) is 4.79 Å². The van der Waals surface area contributed by atoms with Gasteiger partial charge in [-0.15, -0.1) is 0 Å². The number of aromatic carboxylic acids is 1. The number of ether oxygens (including phenoxy) is 1. The molecule has 0 aliphatic rings. The van der Waals surface area contributed by atoms with E-state index in [0.717, 1.165) is 8.95 Å². The molecule has 0 aliphatic heterocycles. The van der Waals surface area contributed by atoms with Crippen LogP contribution in [0.4, 0.5) is 0 Å². The smallest absolute Gasteiger partial charge is 0.339 e. The number of carboxylic acid groups (broad SMARTS) is 1. The number of carboxylic acids is 1. The normalized spacial score (nSPS) is 10.5. The molecule has 0 fully saturated rings. The van der Waals surface area contributed by atoms with Gasteiger partial charge in [0.05, 0.1) is 4.47 Å². The molecule has 19 heavy (non-hydrogen) atoms. The van der Waals surface area contributed by atoms with E-state index in [1.54, 1.807) is 6.92 Å². The first-order chi connectivity index (χ1) is 8.97. The Hall–Kier alpha value is -1.27. The predicted molar refractivity (Wildman–Crippen MR) is 76.6 cm³/mol. The lowest BCUT2D eigenvalue weighted by Crippen LogP contribution is -1.96. The van der Waals surface area contributed by atoms with Crippen molar-refractivity contribution in [2.45, 2.75) is 13.5 Å². The lowest BCUT2D eigenvalue weighted by Gasteiger charge is -2.06. The first-order valence-electron chi connectivity index (χ1n) is 5.38. The van der Waals surface area contributed by atoms with E-state index >= 15 is 0 Å². The van der Waals surface area contributed by atoms with Crippen molar-refractivity contribution in [3.8, 4) is 5.75 Å². The van der Waals surface area contributed by atoms with Crippen molar-refractivity contribution in [2.24, 2.45) is 0 Å². The molecule has 6 heteroatoms. The molecule has 0 radical (unpaired) electrons. The van der Waals surface area contributed by atoms with Gasteiger partial charge < -0.3 is 14.3 Å². The molecule has 4 nitrogen and oxygen atoms in total. The van der Waals surface area contributed by atoms with E-state index in [4.69, 9.17) is 14.3 Å². The summed E-state index contributed by atoms with van der Waals surface area (Å²) in [7, 11) is 0. The molecule has 2 rings (SSSR count). The van der Waals surface area contributed by atoms with Crippen LogP contribution >= 0.6 is 31.9 Å². The Morgan fingerprint density at radius 1 is 1.37 bits per heavy atom. The molecular weight excluding hydrogens is 380 g/mol. The van der Waals surface area contributed by atoms with Crippen molar-refractivity contribution >= 4 is 37.8 Å². The molecule has 1 N–H and O–H groups in total. The van der Waals surface area contributed by atoms with Crippen LogP contribution in [-0.4, -0.2) is 11.1 Å². The second kappa shape index (κ2) is 5.79. The summed E-state index contributed by atoms with van der Waals surface area (Å²) >= 11 is 6.74. The topological polar surface area (TPSA) is 59.7 Å². The molecule has 0 bridgehead atoms. The quantitative estimate of drug-likeness (QED) is 0.842. The second-order valence-electron chi connectivity index (χ2n) is 3.85. The van der Waals surface area contributed by atoms with Crippen molar-refractivity contribution in [1.82, 2.24) is 0 Å². The molecule has 0 amide bonds.